The Labute approximate surface area is 131 Å². The molecule has 0 atom stereocenters. The SMILES string of the molecule is CC.CC.O=[N+]([O-])c1ccc(N2CCC(CO)CC2)c(F)c1. The largest absolute Gasteiger partial charge is 0.396 e. The van der Waals surface area contributed by atoms with Crippen LogP contribution >= 0.6 is 0 Å². The zero-order valence-electron chi connectivity index (χ0n) is 13.9. The molecule has 22 heavy (non-hydrogen) atoms. The minimum atomic E-state index is -0.606. The Morgan fingerprint density at radius 1 is 1.27 bits per heavy atom. The van der Waals surface area contributed by atoms with Gasteiger partial charge >= 0.3 is 0 Å². The Hall–Kier alpha value is -1.69. The molecule has 0 spiro atoms. The number of non-ortho nitro benzene ring substituents is 1. The van der Waals surface area contributed by atoms with Crippen molar-refractivity contribution in [2.24, 2.45) is 5.92 Å². The first kappa shape index (κ1) is 20.3. The molecule has 1 fully saturated rings. The van der Waals surface area contributed by atoms with Gasteiger partial charge in [0.05, 0.1) is 16.7 Å². The number of benzene rings is 1. The number of nitro groups is 1. The van der Waals surface area contributed by atoms with Gasteiger partial charge in [0.1, 0.15) is 0 Å². The van der Waals surface area contributed by atoms with Crippen LogP contribution in [0.5, 0.6) is 0 Å². The van der Waals surface area contributed by atoms with Crippen LogP contribution in [0.1, 0.15) is 40.5 Å². The fourth-order valence-electron chi connectivity index (χ4n) is 2.22. The molecule has 0 unspecified atom stereocenters. The first-order valence-electron chi connectivity index (χ1n) is 7.91. The smallest absolute Gasteiger partial charge is 0.272 e. The van der Waals surface area contributed by atoms with Gasteiger partial charge in [-0.25, -0.2) is 4.39 Å². The topological polar surface area (TPSA) is 66.6 Å². The number of hydrogen-bond acceptors (Lipinski definition) is 4. The van der Waals surface area contributed by atoms with E-state index in [2.05, 4.69) is 0 Å². The molecule has 6 heteroatoms. The zero-order chi connectivity index (χ0) is 17.1. The molecule has 5 nitrogen and oxygen atoms in total. The van der Waals surface area contributed by atoms with E-state index in [1.165, 1.54) is 12.1 Å². The van der Waals surface area contributed by atoms with Gasteiger partial charge in [-0.15, -0.1) is 0 Å². The van der Waals surface area contributed by atoms with Crippen LogP contribution in [0.2, 0.25) is 0 Å². The van der Waals surface area contributed by atoms with Gasteiger partial charge in [0.15, 0.2) is 5.82 Å². The van der Waals surface area contributed by atoms with E-state index in [-0.39, 0.29) is 18.2 Å². The summed E-state index contributed by atoms with van der Waals surface area (Å²) in [4.78, 5) is 11.8. The predicted molar refractivity (Wildman–Crippen MR) is 87.8 cm³/mol. The van der Waals surface area contributed by atoms with Gasteiger partial charge in [0, 0.05) is 25.8 Å². The van der Waals surface area contributed by atoms with Gasteiger partial charge in [-0.3, -0.25) is 10.1 Å². The molecular formula is C16H27FN2O3. The zero-order valence-corrected chi connectivity index (χ0v) is 13.9. The summed E-state index contributed by atoms with van der Waals surface area (Å²) >= 11 is 0. The van der Waals surface area contributed by atoms with E-state index in [0.29, 0.717) is 18.8 Å². The van der Waals surface area contributed by atoms with Crippen molar-refractivity contribution < 1.29 is 14.4 Å². The molecule has 0 aliphatic carbocycles. The van der Waals surface area contributed by atoms with Crippen LogP contribution in [0, 0.1) is 21.8 Å². The van der Waals surface area contributed by atoms with Crippen molar-refractivity contribution in [1.82, 2.24) is 0 Å². The number of halogens is 1. The summed E-state index contributed by atoms with van der Waals surface area (Å²) in [5.41, 5.74) is 0.165. The molecule has 0 radical (unpaired) electrons. The van der Waals surface area contributed by atoms with Crippen LogP contribution in [0.3, 0.4) is 0 Å². The molecule has 1 aromatic carbocycles. The van der Waals surface area contributed by atoms with Crippen LogP contribution in [0.25, 0.3) is 0 Å². The Bertz CT molecular complexity index is 447. The van der Waals surface area contributed by atoms with Crippen molar-refractivity contribution in [2.75, 3.05) is 24.6 Å². The summed E-state index contributed by atoms with van der Waals surface area (Å²) in [7, 11) is 0. The number of nitro benzene ring substituents is 1. The van der Waals surface area contributed by atoms with Crippen molar-refractivity contribution in [3.63, 3.8) is 0 Å². The fourth-order valence-corrected chi connectivity index (χ4v) is 2.22. The third-order valence-electron chi connectivity index (χ3n) is 3.36. The highest BCUT2D eigenvalue weighted by atomic mass is 19.1. The van der Waals surface area contributed by atoms with Crippen molar-refractivity contribution in [2.45, 2.75) is 40.5 Å². The van der Waals surface area contributed by atoms with Gasteiger partial charge < -0.3 is 10.0 Å². The summed E-state index contributed by atoms with van der Waals surface area (Å²) in [6.45, 7) is 9.50. The molecule has 1 saturated heterocycles. The first-order valence-corrected chi connectivity index (χ1v) is 7.91. The lowest BCUT2D eigenvalue weighted by atomic mass is 9.97. The first-order chi connectivity index (χ1) is 10.6. The van der Waals surface area contributed by atoms with Crippen LogP contribution in [-0.2, 0) is 0 Å². The molecule has 0 saturated carbocycles. The van der Waals surface area contributed by atoms with Gasteiger partial charge in [-0.1, -0.05) is 27.7 Å². The minimum Gasteiger partial charge on any atom is -0.396 e. The molecule has 0 bridgehead atoms. The van der Waals surface area contributed by atoms with E-state index in [1.54, 1.807) is 0 Å². The minimum absolute atomic E-state index is 0.163. The second kappa shape index (κ2) is 11.0. The van der Waals surface area contributed by atoms with Crippen molar-refractivity contribution in [3.05, 3.63) is 34.1 Å². The third-order valence-corrected chi connectivity index (χ3v) is 3.36. The Morgan fingerprint density at radius 3 is 2.23 bits per heavy atom. The van der Waals surface area contributed by atoms with Crippen LogP contribution in [0.4, 0.5) is 15.8 Å². The summed E-state index contributed by atoms with van der Waals surface area (Å²) in [6.07, 6.45) is 1.62. The Kier molecular flexibility index (Phi) is 10.1. The van der Waals surface area contributed by atoms with Gasteiger partial charge in [-0.2, -0.15) is 0 Å². The molecule has 2 rings (SSSR count). The Balaban J connectivity index is 0.00000102. The maximum Gasteiger partial charge on any atom is 0.272 e. The molecule has 0 amide bonds. The third kappa shape index (κ3) is 5.60. The molecule has 1 aliphatic heterocycles. The van der Waals surface area contributed by atoms with E-state index < -0.39 is 10.7 Å². The maximum atomic E-state index is 13.8. The molecule has 1 heterocycles. The highest BCUT2D eigenvalue weighted by Crippen LogP contribution is 2.27. The van der Waals surface area contributed by atoms with E-state index in [4.69, 9.17) is 5.11 Å². The number of aliphatic hydroxyl groups excluding tert-OH is 1. The monoisotopic (exact) mass is 314 g/mol. The number of hydrogen-bond donors (Lipinski definition) is 1. The number of rotatable bonds is 3. The molecule has 1 aromatic rings. The van der Waals surface area contributed by atoms with Gasteiger partial charge in [0.25, 0.3) is 5.69 Å². The summed E-state index contributed by atoms with van der Waals surface area (Å²) in [6, 6.07) is 3.72. The highest BCUT2D eigenvalue weighted by molar-refractivity contribution is 5.52. The van der Waals surface area contributed by atoms with Crippen molar-refractivity contribution >= 4 is 11.4 Å². The Morgan fingerprint density at radius 2 is 1.82 bits per heavy atom. The van der Waals surface area contributed by atoms with Crippen molar-refractivity contribution in [3.8, 4) is 0 Å². The fraction of sp³-hybridized carbons (Fsp3) is 0.625. The van der Waals surface area contributed by atoms with Crippen LogP contribution in [0.15, 0.2) is 18.2 Å². The highest BCUT2D eigenvalue weighted by Gasteiger charge is 2.21. The maximum absolute atomic E-state index is 13.8. The standard InChI is InChI=1S/C12H15FN2O3.2C2H6/c13-11-7-10(15(17)18)1-2-12(11)14-5-3-9(8-16)4-6-14;2*1-2/h1-2,7,9,16H,3-6,8H2;2*1-2H3. The molecular weight excluding hydrogens is 287 g/mol. The second-order valence-corrected chi connectivity index (χ2v) is 4.51. The van der Waals surface area contributed by atoms with Gasteiger partial charge in [-0.05, 0) is 24.8 Å². The van der Waals surface area contributed by atoms with E-state index >= 15 is 0 Å². The molecule has 1 N–H and O–H groups in total. The average molecular weight is 314 g/mol. The van der Waals surface area contributed by atoms with Crippen molar-refractivity contribution in [1.29, 1.82) is 0 Å². The predicted octanol–water partition coefficient (Wildman–Crippen LogP) is 4.00. The summed E-state index contributed by atoms with van der Waals surface area (Å²) in [5.74, 6) is -0.283. The number of aliphatic hydroxyl groups is 1. The summed E-state index contributed by atoms with van der Waals surface area (Å²) < 4.78 is 13.8. The molecule has 126 valence electrons. The lowest BCUT2D eigenvalue weighted by molar-refractivity contribution is -0.385. The van der Waals surface area contributed by atoms with Crippen LogP contribution in [-0.4, -0.2) is 29.7 Å². The second-order valence-electron chi connectivity index (χ2n) is 4.51. The average Bonchev–Trinajstić information content (AvgIpc) is 2.58. The lowest BCUT2D eigenvalue weighted by Crippen LogP contribution is -2.35. The van der Waals surface area contributed by atoms with E-state index in [1.807, 2.05) is 32.6 Å². The lowest BCUT2D eigenvalue weighted by Gasteiger charge is -2.32. The summed E-state index contributed by atoms with van der Waals surface area (Å²) in [5, 5.41) is 19.6. The number of nitrogens with zero attached hydrogens (tertiary/aromatic N) is 2. The van der Waals surface area contributed by atoms with Gasteiger partial charge in [0.2, 0.25) is 0 Å². The van der Waals surface area contributed by atoms with Crippen LogP contribution < -0.4 is 4.90 Å². The van der Waals surface area contributed by atoms with E-state index in [0.717, 1.165) is 18.9 Å². The molecule has 1 aliphatic rings. The molecule has 0 aromatic heterocycles. The quantitative estimate of drug-likeness (QED) is 0.676. The normalized spacial score (nSPS) is 14.4. The number of piperidine rings is 1. The van der Waals surface area contributed by atoms with E-state index in [9.17, 15) is 14.5 Å². The number of anilines is 1.